The molecule has 0 radical (unpaired) electrons. The predicted molar refractivity (Wildman–Crippen MR) is 91.2 cm³/mol. The van der Waals surface area contributed by atoms with Crippen LogP contribution in [0.2, 0.25) is 0 Å². The maximum absolute atomic E-state index is 12.9. The summed E-state index contributed by atoms with van der Waals surface area (Å²) in [6, 6.07) is 8.84. The monoisotopic (exact) mass is 344 g/mol. The number of carbonyl (C=O) groups excluding carboxylic acids is 2. The fourth-order valence-corrected chi connectivity index (χ4v) is 2.72. The predicted octanol–water partition coefficient (Wildman–Crippen LogP) is 3.00. The summed E-state index contributed by atoms with van der Waals surface area (Å²) in [7, 11) is 2.73. The molecular formula is C19H20O6. The Hall–Kier alpha value is -3.02. The Morgan fingerprint density at radius 3 is 2.44 bits per heavy atom. The van der Waals surface area contributed by atoms with Crippen LogP contribution in [0.5, 0.6) is 17.2 Å². The lowest BCUT2D eigenvalue weighted by Gasteiger charge is -2.18. The topological polar surface area (TPSA) is 93.1 Å². The summed E-state index contributed by atoms with van der Waals surface area (Å²) in [5.74, 6) is -1.96. The minimum atomic E-state index is -0.785. The summed E-state index contributed by atoms with van der Waals surface area (Å²) in [6.45, 7) is 1.75. The first-order valence-electron chi connectivity index (χ1n) is 7.75. The second-order valence-corrected chi connectivity index (χ2v) is 5.47. The molecule has 2 N–H and O–H groups in total. The summed E-state index contributed by atoms with van der Waals surface area (Å²) in [6.07, 6.45) is 0.341. The van der Waals surface area contributed by atoms with E-state index in [4.69, 9.17) is 9.47 Å². The third-order valence-electron chi connectivity index (χ3n) is 3.96. The summed E-state index contributed by atoms with van der Waals surface area (Å²) in [4.78, 5) is 25.0. The van der Waals surface area contributed by atoms with Gasteiger partial charge >= 0.3 is 5.97 Å². The van der Waals surface area contributed by atoms with Gasteiger partial charge in [-0.2, -0.15) is 0 Å². The fraction of sp³-hybridized carbons (Fsp3) is 0.263. The molecular weight excluding hydrogens is 324 g/mol. The van der Waals surface area contributed by atoms with Gasteiger partial charge in [0.05, 0.1) is 25.7 Å². The number of esters is 1. The van der Waals surface area contributed by atoms with E-state index in [0.29, 0.717) is 17.7 Å². The van der Waals surface area contributed by atoms with Crippen molar-refractivity contribution in [3.63, 3.8) is 0 Å². The second-order valence-electron chi connectivity index (χ2n) is 5.47. The number of carbonyl (C=O) groups is 2. The molecule has 0 aromatic heterocycles. The second kappa shape index (κ2) is 7.70. The number of aromatic hydroxyl groups is 2. The standard InChI is InChI=1S/C19H20O6/c1-4-14(19(23)25-3)15-9-12(20)10-16(21)17(15)18(22)11-6-5-7-13(8-11)24-2/h5-10,14,20-21H,4H2,1-3H3. The van der Waals surface area contributed by atoms with Crippen LogP contribution in [0, 0.1) is 0 Å². The van der Waals surface area contributed by atoms with Gasteiger partial charge in [0.2, 0.25) is 0 Å². The van der Waals surface area contributed by atoms with Crippen LogP contribution in [0.1, 0.15) is 40.7 Å². The Labute approximate surface area is 145 Å². The largest absolute Gasteiger partial charge is 0.508 e. The van der Waals surface area contributed by atoms with Gasteiger partial charge in [0.25, 0.3) is 0 Å². The van der Waals surface area contributed by atoms with Crippen molar-refractivity contribution in [1.82, 2.24) is 0 Å². The molecule has 2 aromatic rings. The molecule has 25 heavy (non-hydrogen) atoms. The molecule has 0 saturated carbocycles. The van der Waals surface area contributed by atoms with E-state index in [-0.39, 0.29) is 16.9 Å². The number of ether oxygens (including phenoxy) is 2. The Balaban J connectivity index is 2.63. The van der Waals surface area contributed by atoms with E-state index in [9.17, 15) is 19.8 Å². The molecule has 0 amide bonds. The SMILES string of the molecule is CCC(C(=O)OC)c1cc(O)cc(O)c1C(=O)c1cccc(OC)c1. The molecule has 1 atom stereocenters. The van der Waals surface area contributed by atoms with Gasteiger partial charge in [-0.1, -0.05) is 19.1 Å². The molecule has 6 nitrogen and oxygen atoms in total. The Kier molecular flexibility index (Phi) is 5.64. The molecule has 0 saturated heterocycles. The van der Waals surface area contributed by atoms with Gasteiger partial charge in [-0.05, 0) is 30.2 Å². The number of ketones is 1. The highest BCUT2D eigenvalue weighted by Gasteiger charge is 2.28. The third kappa shape index (κ3) is 3.74. The summed E-state index contributed by atoms with van der Waals surface area (Å²) in [5.41, 5.74) is 0.476. The lowest BCUT2D eigenvalue weighted by Crippen LogP contribution is -2.17. The molecule has 132 valence electrons. The van der Waals surface area contributed by atoms with Crippen LogP contribution in [0.4, 0.5) is 0 Å². The number of rotatable bonds is 6. The first-order chi connectivity index (χ1) is 11.9. The van der Waals surface area contributed by atoms with Crippen molar-refractivity contribution in [2.45, 2.75) is 19.3 Å². The van der Waals surface area contributed by atoms with Crippen molar-refractivity contribution in [2.24, 2.45) is 0 Å². The first kappa shape index (κ1) is 18.3. The molecule has 0 heterocycles. The quantitative estimate of drug-likeness (QED) is 0.618. The third-order valence-corrected chi connectivity index (χ3v) is 3.96. The van der Waals surface area contributed by atoms with Crippen molar-refractivity contribution in [3.8, 4) is 17.2 Å². The van der Waals surface area contributed by atoms with E-state index in [1.807, 2.05) is 0 Å². The molecule has 0 aliphatic rings. The van der Waals surface area contributed by atoms with Crippen LogP contribution in [0.15, 0.2) is 36.4 Å². The van der Waals surface area contributed by atoms with Crippen LogP contribution in [0.25, 0.3) is 0 Å². The number of methoxy groups -OCH3 is 2. The van der Waals surface area contributed by atoms with Crippen molar-refractivity contribution in [3.05, 3.63) is 53.1 Å². The molecule has 0 bridgehead atoms. The summed E-state index contributed by atoms with van der Waals surface area (Å²) in [5, 5.41) is 20.1. The lowest BCUT2D eigenvalue weighted by atomic mass is 9.87. The van der Waals surface area contributed by atoms with Gasteiger partial charge in [-0.3, -0.25) is 9.59 Å². The van der Waals surface area contributed by atoms with Crippen LogP contribution in [0.3, 0.4) is 0 Å². The minimum Gasteiger partial charge on any atom is -0.508 e. The zero-order chi connectivity index (χ0) is 18.6. The van der Waals surface area contributed by atoms with Crippen molar-refractivity contribution in [2.75, 3.05) is 14.2 Å². The van der Waals surface area contributed by atoms with E-state index in [0.717, 1.165) is 6.07 Å². The normalized spacial score (nSPS) is 11.6. The summed E-state index contributed by atoms with van der Waals surface area (Å²) < 4.78 is 9.90. The van der Waals surface area contributed by atoms with E-state index >= 15 is 0 Å². The zero-order valence-electron chi connectivity index (χ0n) is 14.3. The molecule has 0 fully saturated rings. The van der Waals surface area contributed by atoms with Crippen molar-refractivity contribution >= 4 is 11.8 Å². The van der Waals surface area contributed by atoms with Gasteiger partial charge in [0, 0.05) is 11.6 Å². The maximum Gasteiger partial charge on any atom is 0.313 e. The Morgan fingerprint density at radius 1 is 1.12 bits per heavy atom. The molecule has 1 unspecified atom stereocenters. The van der Waals surface area contributed by atoms with Crippen molar-refractivity contribution < 1.29 is 29.3 Å². The van der Waals surface area contributed by atoms with E-state index in [2.05, 4.69) is 0 Å². The molecule has 0 aliphatic heterocycles. The molecule has 2 rings (SSSR count). The van der Waals surface area contributed by atoms with Crippen molar-refractivity contribution in [1.29, 1.82) is 0 Å². The summed E-state index contributed by atoms with van der Waals surface area (Å²) >= 11 is 0. The first-order valence-corrected chi connectivity index (χ1v) is 7.75. The smallest absolute Gasteiger partial charge is 0.313 e. The molecule has 6 heteroatoms. The van der Waals surface area contributed by atoms with Crippen LogP contribution < -0.4 is 4.74 Å². The van der Waals surface area contributed by atoms with E-state index in [1.165, 1.54) is 26.4 Å². The van der Waals surface area contributed by atoms with Gasteiger partial charge in [0.15, 0.2) is 5.78 Å². The number of phenolic OH excluding ortho intramolecular Hbond substituents is 2. The average Bonchev–Trinajstić information content (AvgIpc) is 2.61. The van der Waals surface area contributed by atoms with Crippen LogP contribution in [-0.4, -0.2) is 36.2 Å². The molecule has 0 spiro atoms. The van der Waals surface area contributed by atoms with Crippen LogP contribution >= 0.6 is 0 Å². The Morgan fingerprint density at radius 2 is 1.84 bits per heavy atom. The van der Waals surface area contributed by atoms with Gasteiger partial charge in [-0.25, -0.2) is 0 Å². The van der Waals surface area contributed by atoms with E-state index < -0.39 is 23.4 Å². The Bertz CT molecular complexity index is 796. The van der Waals surface area contributed by atoms with E-state index in [1.54, 1.807) is 25.1 Å². The highest BCUT2D eigenvalue weighted by atomic mass is 16.5. The minimum absolute atomic E-state index is 0.0386. The molecule has 2 aromatic carbocycles. The lowest BCUT2D eigenvalue weighted by molar-refractivity contribution is -0.142. The molecule has 0 aliphatic carbocycles. The maximum atomic E-state index is 12.9. The van der Waals surface area contributed by atoms with Gasteiger partial charge in [-0.15, -0.1) is 0 Å². The van der Waals surface area contributed by atoms with Crippen LogP contribution in [-0.2, 0) is 9.53 Å². The number of hydrogen-bond acceptors (Lipinski definition) is 6. The highest BCUT2D eigenvalue weighted by molar-refractivity contribution is 6.12. The average molecular weight is 344 g/mol. The van der Waals surface area contributed by atoms with Gasteiger partial charge in [0.1, 0.15) is 17.2 Å². The number of phenols is 2. The number of hydrogen-bond donors (Lipinski definition) is 2. The van der Waals surface area contributed by atoms with Gasteiger partial charge < -0.3 is 19.7 Å². The highest BCUT2D eigenvalue weighted by Crippen LogP contribution is 2.36. The zero-order valence-corrected chi connectivity index (χ0v) is 14.3. The number of benzene rings is 2. The fourth-order valence-electron chi connectivity index (χ4n) is 2.72.